The van der Waals surface area contributed by atoms with Crippen molar-refractivity contribution in [2.24, 2.45) is 17.8 Å². The monoisotopic (exact) mass is 106 g/mol. The Hall–Kier alpha value is -0.260. The first-order valence-electron chi connectivity index (χ1n) is 3.67. The quantitative estimate of drug-likeness (QED) is 0.414. The van der Waals surface area contributed by atoms with Gasteiger partial charge in [-0.15, -0.1) is 0 Å². The zero-order valence-electron chi connectivity index (χ0n) is 4.93. The number of rotatable bonds is 0. The molecule has 0 spiro atoms. The molecule has 0 heteroatoms. The van der Waals surface area contributed by atoms with Crippen molar-refractivity contribution < 1.29 is 0 Å². The van der Waals surface area contributed by atoms with Crippen LogP contribution in [0.25, 0.3) is 0 Å². The lowest BCUT2D eigenvalue weighted by atomic mass is 9.81. The first-order valence-corrected chi connectivity index (χ1v) is 3.67. The largest absolute Gasteiger partial charge is 0.0847 e. The molecule has 3 aliphatic rings. The van der Waals surface area contributed by atoms with E-state index in [1.807, 2.05) is 5.57 Å². The zero-order valence-corrected chi connectivity index (χ0v) is 4.93. The minimum Gasteiger partial charge on any atom is -0.0847 e. The normalized spacial score (nSPS) is 56.0. The molecule has 0 saturated heterocycles. The van der Waals surface area contributed by atoms with Crippen LogP contribution < -0.4 is 0 Å². The Morgan fingerprint density at radius 3 is 3.25 bits per heavy atom. The van der Waals surface area contributed by atoms with Crippen LogP contribution in [0.3, 0.4) is 0 Å². The summed E-state index contributed by atoms with van der Waals surface area (Å²) in [6.45, 7) is 0. The van der Waals surface area contributed by atoms with Gasteiger partial charge < -0.3 is 0 Å². The second-order valence-corrected chi connectivity index (χ2v) is 3.41. The summed E-state index contributed by atoms with van der Waals surface area (Å²) in [6, 6.07) is 0. The molecule has 0 amide bonds. The molecule has 0 nitrogen and oxygen atoms in total. The van der Waals surface area contributed by atoms with E-state index in [4.69, 9.17) is 0 Å². The lowest BCUT2D eigenvalue weighted by Gasteiger charge is -2.23. The molecule has 3 rings (SSSR count). The van der Waals surface area contributed by atoms with Crippen LogP contribution in [0.2, 0.25) is 0 Å². The second kappa shape index (κ2) is 0.896. The van der Waals surface area contributed by atoms with E-state index in [1.54, 1.807) is 6.42 Å². The van der Waals surface area contributed by atoms with Crippen molar-refractivity contribution in [1.29, 1.82) is 0 Å². The Bertz CT molecular complexity index is 165. The van der Waals surface area contributed by atoms with Crippen LogP contribution >= 0.6 is 0 Å². The topological polar surface area (TPSA) is 0 Å². The molecule has 8 heavy (non-hydrogen) atoms. The van der Waals surface area contributed by atoms with Gasteiger partial charge in [-0.2, -0.15) is 0 Å². The molecule has 0 aromatic heterocycles. The van der Waals surface area contributed by atoms with Crippen molar-refractivity contribution in [2.75, 3.05) is 0 Å². The third kappa shape index (κ3) is 0.229. The molecule has 3 unspecified atom stereocenters. The number of fused-ring (bicyclic) bond motifs is 1. The molecule has 3 aliphatic carbocycles. The summed E-state index contributed by atoms with van der Waals surface area (Å²) in [5.74, 6) is 3.39. The summed E-state index contributed by atoms with van der Waals surface area (Å²) in [5.41, 5.74) is 1.83. The number of allylic oxidation sites excluding steroid dienone is 2. The van der Waals surface area contributed by atoms with E-state index >= 15 is 0 Å². The number of hydrogen-bond donors (Lipinski definition) is 0. The Morgan fingerprint density at radius 1 is 1.50 bits per heavy atom. The minimum absolute atomic E-state index is 1.11. The van der Waals surface area contributed by atoms with E-state index in [0.717, 1.165) is 17.8 Å². The van der Waals surface area contributed by atoms with Gasteiger partial charge in [-0.25, -0.2) is 0 Å². The fourth-order valence-corrected chi connectivity index (χ4v) is 2.57. The van der Waals surface area contributed by atoms with Crippen LogP contribution in [0.5, 0.6) is 0 Å². The second-order valence-electron chi connectivity index (χ2n) is 3.41. The van der Waals surface area contributed by atoms with Crippen molar-refractivity contribution in [3.8, 4) is 0 Å². The summed E-state index contributed by atoms with van der Waals surface area (Å²) in [6.07, 6.45) is 6.94. The van der Waals surface area contributed by atoms with Crippen molar-refractivity contribution in [3.63, 3.8) is 0 Å². The summed E-state index contributed by atoms with van der Waals surface area (Å²) in [5, 5.41) is 0. The fourth-order valence-electron chi connectivity index (χ4n) is 2.57. The van der Waals surface area contributed by atoms with Crippen molar-refractivity contribution in [3.05, 3.63) is 11.6 Å². The summed E-state index contributed by atoms with van der Waals surface area (Å²) < 4.78 is 0. The molecule has 2 saturated carbocycles. The predicted octanol–water partition coefficient (Wildman–Crippen LogP) is 1.97. The van der Waals surface area contributed by atoms with E-state index in [1.165, 1.54) is 12.8 Å². The molecule has 0 aromatic carbocycles. The predicted molar refractivity (Wildman–Crippen MR) is 32.4 cm³/mol. The first-order chi connectivity index (χ1) is 3.97. The van der Waals surface area contributed by atoms with E-state index in [9.17, 15) is 0 Å². The molecule has 0 bridgehead atoms. The van der Waals surface area contributed by atoms with Gasteiger partial charge in [0, 0.05) is 0 Å². The van der Waals surface area contributed by atoms with Crippen molar-refractivity contribution >= 4 is 0 Å². The van der Waals surface area contributed by atoms with Gasteiger partial charge in [-0.1, -0.05) is 11.6 Å². The van der Waals surface area contributed by atoms with Gasteiger partial charge in [0.05, 0.1) is 0 Å². The highest BCUT2D eigenvalue weighted by Gasteiger charge is 2.58. The fraction of sp³-hybridized carbons (Fsp3) is 0.750. The highest BCUT2D eigenvalue weighted by molar-refractivity contribution is 5.39. The minimum atomic E-state index is 1.11. The lowest BCUT2D eigenvalue weighted by Crippen LogP contribution is -2.15. The van der Waals surface area contributed by atoms with Crippen LogP contribution in [0.15, 0.2) is 11.6 Å². The van der Waals surface area contributed by atoms with Crippen LogP contribution in [0, 0.1) is 17.8 Å². The highest BCUT2D eigenvalue weighted by atomic mass is 14.6. The molecular weight excluding hydrogens is 96.1 g/mol. The van der Waals surface area contributed by atoms with Crippen LogP contribution in [-0.4, -0.2) is 0 Å². The highest BCUT2D eigenvalue weighted by Crippen LogP contribution is 2.67. The van der Waals surface area contributed by atoms with Crippen LogP contribution in [0.1, 0.15) is 19.3 Å². The zero-order chi connectivity index (χ0) is 5.14. The van der Waals surface area contributed by atoms with Gasteiger partial charge >= 0.3 is 0 Å². The third-order valence-electron chi connectivity index (χ3n) is 3.12. The van der Waals surface area contributed by atoms with E-state index in [0.29, 0.717) is 0 Å². The van der Waals surface area contributed by atoms with Gasteiger partial charge in [-0.3, -0.25) is 0 Å². The summed E-state index contributed by atoms with van der Waals surface area (Å²) >= 11 is 0. The van der Waals surface area contributed by atoms with Gasteiger partial charge in [-0.05, 0) is 37.0 Å². The summed E-state index contributed by atoms with van der Waals surface area (Å²) in [7, 11) is 0. The molecule has 0 heterocycles. The Kier molecular flexibility index (Phi) is 0.415. The third-order valence-corrected chi connectivity index (χ3v) is 3.12. The average molecular weight is 106 g/mol. The molecule has 0 N–H and O–H groups in total. The molecule has 3 atom stereocenters. The Labute approximate surface area is 49.6 Å². The Balaban J connectivity index is 2.11. The maximum atomic E-state index is 2.48. The summed E-state index contributed by atoms with van der Waals surface area (Å²) in [4.78, 5) is 0. The van der Waals surface area contributed by atoms with E-state index in [-0.39, 0.29) is 0 Å². The molecule has 0 radical (unpaired) electrons. The maximum Gasteiger partial charge on any atom is -0.0106 e. The van der Waals surface area contributed by atoms with Crippen LogP contribution in [0.4, 0.5) is 0 Å². The van der Waals surface area contributed by atoms with Gasteiger partial charge in [0.2, 0.25) is 0 Å². The number of hydrogen-bond acceptors (Lipinski definition) is 0. The maximum absolute atomic E-state index is 2.48. The van der Waals surface area contributed by atoms with E-state index < -0.39 is 0 Å². The molecule has 42 valence electrons. The first kappa shape index (κ1) is 3.71. The smallest absolute Gasteiger partial charge is 0.0106 e. The average Bonchev–Trinajstić information content (AvgIpc) is 2.33. The molecule has 2 fully saturated rings. The van der Waals surface area contributed by atoms with Crippen molar-refractivity contribution in [2.45, 2.75) is 19.3 Å². The van der Waals surface area contributed by atoms with E-state index in [2.05, 4.69) is 6.08 Å². The van der Waals surface area contributed by atoms with Crippen LogP contribution in [-0.2, 0) is 0 Å². The van der Waals surface area contributed by atoms with Gasteiger partial charge in [0.1, 0.15) is 0 Å². The van der Waals surface area contributed by atoms with Gasteiger partial charge in [0.25, 0.3) is 0 Å². The van der Waals surface area contributed by atoms with Gasteiger partial charge in [0.15, 0.2) is 0 Å². The standard InChI is InChI=1S/C8H10/c1-2-5-4-7-6(3-1)8(5)7/h3,5,7-8H,1-2,4H2. The van der Waals surface area contributed by atoms with Crippen molar-refractivity contribution in [1.82, 2.24) is 0 Å². The molecule has 0 aromatic rings. The Morgan fingerprint density at radius 2 is 2.50 bits per heavy atom. The molecule has 0 aliphatic heterocycles. The lowest BCUT2D eigenvalue weighted by molar-refractivity contribution is 0.271. The molecular formula is C8H10. The SMILES string of the molecule is C1=C2C3CC(CC1)C23.